The summed E-state index contributed by atoms with van der Waals surface area (Å²) in [5.74, 6) is 13.4. The Morgan fingerprint density at radius 1 is 1.27 bits per heavy atom. The van der Waals surface area contributed by atoms with Crippen LogP contribution >= 0.6 is 0 Å². The first-order chi connectivity index (χ1) is 14.5. The molecule has 0 bridgehead atoms. The van der Waals surface area contributed by atoms with Gasteiger partial charge in [-0.25, -0.2) is 21.8 Å². The number of piperazine rings is 1. The van der Waals surface area contributed by atoms with Gasteiger partial charge in [0, 0.05) is 38.9 Å². The highest BCUT2D eigenvalue weighted by Gasteiger charge is 2.23. The molecule has 0 amide bonds. The SMILES string of the molecule is C=C(c1cc(OCCOC)ccc1N(N)N)[C@H]1C=C(N2CCN(CC)CC2)N=CN1. The fraction of sp³-hybridized carbons (Fsp3) is 0.476. The van der Waals surface area contributed by atoms with Crippen molar-refractivity contribution in [2.45, 2.75) is 13.0 Å². The summed E-state index contributed by atoms with van der Waals surface area (Å²) in [6.45, 7) is 12.6. The molecule has 2 heterocycles. The lowest BCUT2D eigenvalue weighted by molar-refractivity contribution is 0.146. The molecule has 1 aromatic carbocycles. The number of rotatable bonds is 9. The van der Waals surface area contributed by atoms with E-state index in [1.165, 1.54) is 0 Å². The topological polar surface area (TPSA) is 105 Å². The van der Waals surface area contributed by atoms with Crippen molar-refractivity contribution in [1.82, 2.24) is 15.1 Å². The first-order valence-corrected chi connectivity index (χ1v) is 10.3. The fourth-order valence-corrected chi connectivity index (χ4v) is 3.60. The van der Waals surface area contributed by atoms with Gasteiger partial charge in [0.1, 0.15) is 18.2 Å². The molecule has 30 heavy (non-hydrogen) atoms. The first kappa shape index (κ1) is 22.1. The molecule has 1 fully saturated rings. The third kappa shape index (κ3) is 5.31. The van der Waals surface area contributed by atoms with E-state index >= 15 is 0 Å². The van der Waals surface area contributed by atoms with Crippen LogP contribution in [0.1, 0.15) is 12.5 Å². The Balaban J connectivity index is 1.78. The van der Waals surface area contributed by atoms with E-state index < -0.39 is 0 Å². The van der Waals surface area contributed by atoms with Crippen LogP contribution in [0.15, 0.2) is 41.7 Å². The molecule has 9 nitrogen and oxygen atoms in total. The van der Waals surface area contributed by atoms with Gasteiger partial charge in [0.05, 0.1) is 24.7 Å². The molecule has 0 aliphatic carbocycles. The number of anilines is 1. The van der Waals surface area contributed by atoms with Crippen LogP contribution in [0.4, 0.5) is 5.69 Å². The van der Waals surface area contributed by atoms with Crippen LogP contribution < -0.4 is 26.9 Å². The second-order valence-corrected chi connectivity index (χ2v) is 7.30. The molecule has 9 heteroatoms. The van der Waals surface area contributed by atoms with E-state index in [2.05, 4.69) is 39.7 Å². The van der Waals surface area contributed by atoms with E-state index in [1.54, 1.807) is 13.4 Å². The summed E-state index contributed by atoms with van der Waals surface area (Å²) < 4.78 is 10.8. The number of hydrogen-bond donors (Lipinski definition) is 3. The van der Waals surface area contributed by atoms with E-state index in [1.807, 2.05) is 18.2 Å². The number of hydrogen-bond acceptors (Lipinski definition) is 9. The normalized spacial score (nSPS) is 19.3. The number of nitrogens with zero attached hydrogens (tertiary/aromatic N) is 4. The predicted molar refractivity (Wildman–Crippen MR) is 121 cm³/mol. The van der Waals surface area contributed by atoms with Crippen molar-refractivity contribution < 1.29 is 9.47 Å². The molecule has 0 saturated carbocycles. The summed E-state index contributed by atoms with van der Waals surface area (Å²) in [5, 5.41) is 4.38. The predicted octanol–water partition coefficient (Wildman–Crippen LogP) is 0.758. The van der Waals surface area contributed by atoms with E-state index in [0.717, 1.165) is 54.8 Å². The van der Waals surface area contributed by atoms with Gasteiger partial charge >= 0.3 is 0 Å². The lowest BCUT2D eigenvalue weighted by Crippen LogP contribution is -2.46. The van der Waals surface area contributed by atoms with Crippen LogP contribution in [0.25, 0.3) is 5.57 Å². The molecule has 5 N–H and O–H groups in total. The molecule has 0 aromatic heterocycles. The number of hydrazine groups is 2. The van der Waals surface area contributed by atoms with Crippen molar-refractivity contribution in [2.75, 3.05) is 58.2 Å². The summed E-state index contributed by atoms with van der Waals surface area (Å²) in [7, 11) is 1.64. The number of nitrogens with one attached hydrogen (secondary N) is 1. The number of aliphatic imine (C=N–C) groups is 1. The number of nitrogens with two attached hydrogens (primary N) is 2. The van der Waals surface area contributed by atoms with Crippen LogP contribution in [0, 0.1) is 0 Å². The summed E-state index contributed by atoms with van der Waals surface area (Å²) >= 11 is 0. The van der Waals surface area contributed by atoms with Crippen molar-refractivity contribution in [2.24, 2.45) is 16.7 Å². The molecular weight excluding hydrogens is 382 g/mol. The second kappa shape index (κ2) is 10.4. The van der Waals surface area contributed by atoms with Crippen LogP contribution in [0.2, 0.25) is 0 Å². The van der Waals surface area contributed by atoms with Gasteiger partial charge in [0.15, 0.2) is 0 Å². The van der Waals surface area contributed by atoms with E-state index in [-0.39, 0.29) is 6.04 Å². The quantitative estimate of drug-likeness (QED) is 0.308. The molecule has 1 saturated heterocycles. The van der Waals surface area contributed by atoms with Gasteiger partial charge in [0.25, 0.3) is 0 Å². The largest absolute Gasteiger partial charge is 0.491 e. The van der Waals surface area contributed by atoms with Crippen molar-refractivity contribution >= 4 is 17.6 Å². The Morgan fingerprint density at radius 3 is 2.70 bits per heavy atom. The van der Waals surface area contributed by atoms with Crippen molar-refractivity contribution in [3.63, 3.8) is 0 Å². The molecule has 164 valence electrons. The summed E-state index contributed by atoms with van der Waals surface area (Å²) in [4.78, 5) is 9.30. The van der Waals surface area contributed by atoms with E-state index in [0.29, 0.717) is 24.7 Å². The third-order valence-corrected chi connectivity index (χ3v) is 5.43. The van der Waals surface area contributed by atoms with Gasteiger partial charge in [-0.05, 0) is 36.4 Å². The van der Waals surface area contributed by atoms with E-state index in [4.69, 9.17) is 21.2 Å². The zero-order valence-corrected chi connectivity index (χ0v) is 17.9. The molecular formula is C21H33N7O2. The lowest BCUT2D eigenvalue weighted by atomic mass is 9.97. The van der Waals surface area contributed by atoms with Gasteiger partial charge in [-0.15, -0.1) is 0 Å². The Labute approximate surface area is 178 Å². The van der Waals surface area contributed by atoms with Crippen LogP contribution in [0.3, 0.4) is 0 Å². The highest BCUT2D eigenvalue weighted by atomic mass is 16.5. The number of methoxy groups -OCH3 is 1. The van der Waals surface area contributed by atoms with Gasteiger partial charge in [0.2, 0.25) is 0 Å². The molecule has 1 aromatic rings. The zero-order valence-electron chi connectivity index (χ0n) is 17.9. The number of benzene rings is 1. The summed E-state index contributed by atoms with van der Waals surface area (Å²) in [5.41, 5.74) is 2.31. The molecule has 2 aliphatic heterocycles. The minimum absolute atomic E-state index is 0.130. The minimum atomic E-state index is -0.130. The summed E-state index contributed by atoms with van der Waals surface area (Å²) in [6.07, 6.45) is 3.84. The zero-order chi connectivity index (χ0) is 21.5. The van der Waals surface area contributed by atoms with E-state index in [9.17, 15) is 0 Å². The van der Waals surface area contributed by atoms with Crippen LogP contribution in [-0.2, 0) is 4.74 Å². The van der Waals surface area contributed by atoms with Gasteiger partial charge in [-0.1, -0.05) is 13.5 Å². The van der Waals surface area contributed by atoms with Crippen LogP contribution in [0.5, 0.6) is 5.75 Å². The average molecular weight is 416 g/mol. The average Bonchev–Trinajstić information content (AvgIpc) is 2.78. The smallest absolute Gasteiger partial charge is 0.128 e. The first-order valence-electron chi connectivity index (χ1n) is 10.3. The molecule has 2 aliphatic rings. The van der Waals surface area contributed by atoms with Gasteiger partial charge < -0.3 is 24.6 Å². The Bertz CT molecular complexity index is 786. The molecule has 0 unspecified atom stereocenters. The number of likely N-dealkylation sites (N-methyl/N-ethyl adjacent to an activating group) is 1. The van der Waals surface area contributed by atoms with Crippen molar-refractivity contribution in [3.8, 4) is 5.75 Å². The highest BCUT2D eigenvalue weighted by Crippen LogP contribution is 2.31. The Kier molecular flexibility index (Phi) is 7.69. The maximum Gasteiger partial charge on any atom is 0.128 e. The molecule has 0 radical (unpaired) electrons. The van der Waals surface area contributed by atoms with Crippen LogP contribution in [-0.4, -0.2) is 75.2 Å². The lowest BCUT2D eigenvalue weighted by Gasteiger charge is -2.36. The molecule has 1 atom stereocenters. The highest BCUT2D eigenvalue weighted by molar-refractivity contribution is 5.82. The van der Waals surface area contributed by atoms with Gasteiger partial charge in [-0.3, -0.25) is 0 Å². The van der Waals surface area contributed by atoms with Gasteiger partial charge in [-0.2, -0.15) is 0 Å². The fourth-order valence-electron chi connectivity index (χ4n) is 3.60. The molecule has 0 spiro atoms. The Hall–Kier alpha value is -2.59. The Morgan fingerprint density at radius 2 is 2.03 bits per heavy atom. The second-order valence-electron chi connectivity index (χ2n) is 7.30. The molecule has 3 rings (SSSR count). The maximum atomic E-state index is 5.86. The van der Waals surface area contributed by atoms with Crippen molar-refractivity contribution in [1.29, 1.82) is 0 Å². The summed E-state index contributed by atoms with van der Waals surface area (Å²) in [6, 6.07) is 5.43. The maximum absolute atomic E-state index is 5.86. The number of ether oxygens (including phenoxy) is 2. The third-order valence-electron chi connectivity index (χ3n) is 5.43. The minimum Gasteiger partial charge on any atom is -0.491 e. The van der Waals surface area contributed by atoms with Crippen molar-refractivity contribution in [3.05, 3.63) is 42.2 Å². The standard InChI is InChI=1S/C21H33N7O2/c1-4-26-7-9-27(10-8-26)21-14-19(24-15-25-21)16(2)18-13-17(30-12-11-29-3)5-6-20(18)28(22)23/h5-6,13-15,19H,2,4,7-12,22-23H2,1,3H3,(H,24,25)/t19-/m1/s1. The monoisotopic (exact) mass is 415 g/mol.